The van der Waals surface area contributed by atoms with E-state index in [0.29, 0.717) is 24.0 Å². The van der Waals surface area contributed by atoms with E-state index in [-0.39, 0.29) is 28.3 Å². The average molecular weight is 444 g/mol. The van der Waals surface area contributed by atoms with Gasteiger partial charge in [-0.25, -0.2) is 4.98 Å². The first kappa shape index (κ1) is 19.9. The molecule has 1 saturated heterocycles. The molecular formula is C22H15F3N2O3S. The Labute approximate surface area is 179 Å². The Bertz CT molecular complexity index is 1230. The van der Waals surface area contributed by atoms with Crippen LogP contribution in [-0.2, 0) is 17.4 Å². The van der Waals surface area contributed by atoms with Gasteiger partial charge in [0.15, 0.2) is 0 Å². The summed E-state index contributed by atoms with van der Waals surface area (Å²) in [6.07, 6.45) is -3.18. The Morgan fingerprint density at radius 2 is 1.90 bits per heavy atom. The van der Waals surface area contributed by atoms with Crippen molar-refractivity contribution in [2.45, 2.75) is 30.2 Å². The van der Waals surface area contributed by atoms with Crippen LogP contribution < -0.4 is 10.1 Å². The number of para-hydroxylation sites is 1. The molecule has 158 valence electrons. The Morgan fingerprint density at radius 1 is 1.10 bits per heavy atom. The Morgan fingerprint density at radius 3 is 2.65 bits per heavy atom. The number of hydrogen-bond donors (Lipinski definition) is 1. The third-order valence-electron chi connectivity index (χ3n) is 5.52. The van der Waals surface area contributed by atoms with Gasteiger partial charge >= 0.3 is 6.18 Å². The van der Waals surface area contributed by atoms with E-state index < -0.39 is 17.1 Å². The number of alkyl halides is 3. The van der Waals surface area contributed by atoms with Gasteiger partial charge in [0.05, 0.1) is 5.52 Å². The van der Waals surface area contributed by atoms with Crippen LogP contribution in [0.1, 0.15) is 29.2 Å². The number of halogens is 3. The van der Waals surface area contributed by atoms with Gasteiger partial charge in [0.25, 0.3) is 5.24 Å². The highest BCUT2D eigenvalue weighted by Crippen LogP contribution is 2.44. The number of nitrogens with zero attached hydrogens (tertiary/aromatic N) is 1. The van der Waals surface area contributed by atoms with Gasteiger partial charge in [-0.3, -0.25) is 14.9 Å². The lowest BCUT2D eigenvalue weighted by Gasteiger charge is -2.16. The fourth-order valence-corrected chi connectivity index (χ4v) is 5.14. The number of fused-ring (bicyclic) bond motifs is 2. The summed E-state index contributed by atoms with van der Waals surface area (Å²) < 4.78 is 45.7. The van der Waals surface area contributed by atoms with Crippen molar-refractivity contribution in [3.8, 4) is 11.5 Å². The van der Waals surface area contributed by atoms with Gasteiger partial charge < -0.3 is 4.74 Å². The van der Waals surface area contributed by atoms with Crippen LogP contribution in [0.3, 0.4) is 0 Å². The lowest BCUT2D eigenvalue weighted by molar-refractivity contribution is -0.141. The topological polar surface area (TPSA) is 68.3 Å². The molecule has 2 atom stereocenters. The van der Waals surface area contributed by atoms with Gasteiger partial charge in [-0.15, -0.1) is 0 Å². The van der Waals surface area contributed by atoms with E-state index >= 15 is 0 Å². The van der Waals surface area contributed by atoms with Gasteiger partial charge in [0.2, 0.25) is 5.91 Å². The zero-order valence-corrected chi connectivity index (χ0v) is 16.7. The highest BCUT2D eigenvalue weighted by Gasteiger charge is 2.41. The smallest absolute Gasteiger partial charge is 0.433 e. The van der Waals surface area contributed by atoms with Crippen molar-refractivity contribution in [1.82, 2.24) is 10.3 Å². The number of aromatic nitrogens is 1. The number of aryl methyl sites for hydroxylation is 1. The van der Waals surface area contributed by atoms with Crippen LogP contribution in [0.2, 0.25) is 0 Å². The second-order valence-corrected chi connectivity index (χ2v) is 8.56. The quantitative estimate of drug-likeness (QED) is 0.584. The van der Waals surface area contributed by atoms with Crippen LogP contribution in [0.5, 0.6) is 11.5 Å². The summed E-state index contributed by atoms with van der Waals surface area (Å²) in [4.78, 5) is 27.3. The number of carbonyl (C=O) groups is 2. The molecule has 0 saturated carbocycles. The molecule has 1 N–H and O–H groups in total. The first-order valence-corrected chi connectivity index (χ1v) is 10.5. The zero-order valence-electron chi connectivity index (χ0n) is 15.9. The number of rotatable bonds is 3. The average Bonchev–Trinajstić information content (AvgIpc) is 3.28. The largest absolute Gasteiger partial charge is 0.457 e. The molecule has 0 bridgehead atoms. The molecule has 31 heavy (non-hydrogen) atoms. The van der Waals surface area contributed by atoms with E-state index in [2.05, 4.69) is 10.3 Å². The third-order valence-corrected chi connectivity index (χ3v) is 6.63. The summed E-state index contributed by atoms with van der Waals surface area (Å²) in [7, 11) is 0. The Kier molecular flexibility index (Phi) is 4.65. The number of imide groups is 1. The van der Waals surface area contributed by atoms with E-state index in [1.165, 1.54) is 6.07 Å². The van der Waals surface area contributed by atoms with Crippen LogP contribution in [0.15, 0.2) is 48.5 Å². The van der Waals surface area contributed by atoms with Crippen LogP contribution in [-0.4, -0.2) is 21.4 Å². The number of thioether (sulfide) groups is 1. The summed E-state index contributed by atoms with van der Waals surface area (Å²) in [6, 6.07) is 12.7. The summed E-state index contributed by atoms with van der Waals surface area (Å²) in [5.41, 5.74) is 1.11. The number of benzene rings is 2. The van der Waals surface area contributed by atoms with E-state index in [0.717, 1.165) is 29.0 Å². The molecule has 5 nitrogen and oxygen atoms in total. The number of ether oxygens (including phenoxy) is 1. The van der Waals surface area contributed by atoms with E-state index in [1.54, 1.807) is 30.3 Å². The fraction of sp³-hybridized carbons (Fsp3) is 0.227. The molecule has 2 aromatic carbocycles. The van der Waals surface area contributed by atoms with Crippen LogP contribution in [0.25, 0.3) is 10.9 Å². The van der Waals surface area contributed by atoms with Crippen molar-refractivity contribution in [3.63, 3.8) is 0 Å². The zero-order chi connectivity index (χ0) is 21.8. The van der Waals surface area contributed by atoms with Crippen molar-refractivity contribution < 1.29 is 27.5 Å². The Hall–Kier alpha value is -3.07. The molecule has 3 aromatic rings. The molecule has 2 amide bonds. The van der Waals surface area contributed by atoms with E-state index in [9.17, 15) is 22.8 Å². The molecule has 2 heterocycles. The highest BCUT2D eigenvalue weighted by atomic mass is 32.2. The van der Waals surface area contributed by atoms with Crippen molar-refractivity contribution >= 4 is 33.8 Å². The lowest BCUT2D eigenvalue weighted by atomic mass is 9.97. The minimum Gasteiger partial charge on any atom is -0.457 e. The number of carbonyl (C=O) groups excluding carboxylic acids is 2. The molecule has 1 aromatic heterocycles. The number of amides is 2. The minimum atomic E-state index is -4.59. The van der Waals surface area contributed by atoms with Crippen LogP contribution in [0, 0.1) is 0 Å². The molecule has 1 unspecified atom stereocenters. The molecular weight excluding hydrogens is 429 g/mol. The van der Waals surface area contributed by atoms with Gasteiger partial charge in [-0.05, 0) is 48.2 Å². The maximum absolute atomic E-state index is 13.3. The SMILES string of the molecule is O=C1NC(=O)C([C@@H]2CCc3cc(Oc4cc(C(F)(F)F)nc5ccccc45)ccc32)S1. The first-order valence-electron chi connectivity index (χ1n) is 9.59. The molecule has 1 aliphatic carbocycles. The second-order valence-electron chi connectivity index (χ2n) is 7.44. The van der Waals surface area contributed by atoms with Crippen molar-refractivity contribution in [2.75, 3.05) is 0 Å². The van der Waals surface area contributed by atoms with E-state index in [1.807, 2.05) is 6.07 Å². The highest BCUT2D eigenvalue weighted by molar-refractivity contribution is 8.15. The number of nitrogens with one attached hydrogen (secondary N) is 1. The maximum atomic E-state index is 13.3. The lowest BCUT2D eigenvalue weighted by Crippen LogP contribution is -2.27. The monoisotopic (exact) mass is 444 g/mol. The van der Waals surface area contributed by atoms with Gasteiger partial charge in [-0.1, -0.05) is 30.0 Å². The molecule has 0 radical (unpaired) electrons. The molecule has 9 heteroatoms. The third kappa shape index (κ3) is 3.63. The van der Waals surface area contributed by atoms with Crippen LogP contribution in [0.4, 0.5) is 18.0 Å². The predicted octanol–water partition coefficient (Wildman–Crippen LogP) is 5.43. The minimum absolute atomic E-state index is 0.0729. The predicted molar refractivity (Wildman–Crippen MR) is 109 cm³/mol. The molecule has 0 spiro atoms. The van der Waals surface area contributed by atoms with Crippen molar-refractivity contribution in [3.05, 3.63) is 65.4 Å². The molecule has 2 aliphatic rings. The Balaban J connectivity index is 1.48. The molecule has 1 aliphatic heterocycles. The summed E-state index contributed by atoms with van der Waals surface area (Å²) in [5, 5.41) is 2.00. The maximum Gasteiger partial charge on any atom is 0.433 e. The van der Waals surface area contributed by atoms with Crippen molar-refractivity contribution in [2.24, 2.45) is 0 Å². The fourth-order valence-electron chi connectivity index (χ4n) is 4.14. The first-order chi connectivity index (χ1) is 14.8. The summed E-state index contributed by atoms with van der Waals surface area (Å²) in [6.45, 7) is 0. The number of pyridine rings is 1. The molecule has 1 fully saturated rings. The standard InChI is InChI=1S/C22H15F3N2O3S/c23-22(24,25)18-10-17(15-3-1-2-4-16(15)26-18)30-12-6-8-13-11(9-12)5-7-14(13)19-20(28)27-21(29)31-19/h1-4,6,8-10,14,19H,5,7H2,(H,27,28,29)/t14-,19?/m1/s1. The van der Waals surface area contributed by atoms with Gasteiger partial charge in [0, 0.05) is 17.4 Å². The summed E-state index contributed by atoms with van der Waals surface area (Å²) in [5.74, 6) is 0.113. The van der Waals surface area contributed by atoms with Crippen molar-refractivity contribution in [1.29, 1.82) is 0 Å². The summed E-state index contributed by atoms with van der Waals surface area (Å²) >= 11 is 1.00. The van der Waals surface area contributed by atoms with Gasteiger partial charge in [0.1, 0.15) is 22.4 Å². The normalized spacial score (nSPS) is 20.7. The van der Waals surface area contributed by atoms with Crippen LogP contribution >= 0.6 is 11.8 Å². The number of hydrogen-bond acceptors (Lipinski definition) is 5. The van der Waals surface area contributed by atoms with Gasteiger partial charge in [-0.2, -0.15) is 13.2 Å². The molecule has 5 rings (SSSR count). The van der Waals surface area contributed by atoms with E-state index in [4.69, 9.17) is 4.74 Å². The second kappa shape index (κ2) is 7.26.